The summed E-state index contributed by atoms with van der Waals surface area (Å²) in [6, 6.07) is 5.69. The number of rotatable bonds is 4. The number of hydrogen-bond donors (Lipinski definition) is 1. The fourth-order valence-electron chi connectivity index (χ4n) is 2.83. The summed E-state index contributed by atoms with van der Waals surface area (Å²) in [6.45, 7) is 3.18. The van der Waals surface area contributed by atoms with E-state index in [1.54, 1.807) is 19.1 Å². The Balaban J connectivity index is 2.00. The standard InChI is InChI=1S/C19H15F6N3O2/c1-10-6-7-15(30-10)11(2)27-17(29)14-9-26-28(16(14)19(23,24)25)13-5-3-4-12(8-13)18(20,21)22/h3-9,11H,1-2H3,(H,27,29). The monoisotopic (exact) mass is 431 g/mol. The number of nitrogens with zero attached hydrogens (tertiary/aromatic N) is 2. The van der Waals surface area contributed by atoms with Crippen LogP contribution in [0.2, 0.25) is 0 Å². The maximum absolute atomic E-state index is 13.7. The average molecular weight is 431 g/mol. The number of hydrogen-bond acceptors (Lipinski definition) is 3. The highest BCUT2D eigenvalue weighted by atomic mass is 19.4. The van der Waals surface area contributed by atoms with E-state index >= 15 is 0 Å². The molecule has 2 heterocycles. The van der Waals surface area contributed by atoms with Gasteiger partial charge in [0.25, 0.3) is 5.91 Å². The van der Waals surface area contributed by atoms with Crippen LogP contribution in [0.3, 0.4) is 0 Å². The molecule has 0 fully saturated rings. The molecule has 5 nitrogen and oxygen atoms in total. The highest BCUT2D eigenvalue weighted by Crippen LogP contribution is 2.35. The number of furan rings is 1. The fraction of sp³-hybridized carbons (Fsp3) is 0.263. The minimum absolute atomic E-state index is 0.270. The van der Waals surface area contributed by atoms with Gasteiger partial charge in [0.1, 0.15) is 11.5 Å². The van der Waals surface area contributed by atoms with Crippen molar-refractivity contribution in [2.75, 3.05) is 0 Å². The van der Waals surface area contributed by atoms with Gasteiger partial charge in [-0.15, -0.1) is 0 Å². The van der Waals surface area contributed by atoms with Crippen LogP contribution in [0.15, 0.2) is 47.0 Å². The Hall–Kier alpha value is -3.24. The lowest BCUT2D eigenvalue weighted by molar-refractivity contribution is -0.143. The number of aromatic nitrogens is 2. The Labute approximate surface area is 166 Å². The van der Waals surface area contributed by atoms with Crippen LogP contribution >= 0.6 is 0 Å². The van der Waals surface area contributed by atoms with Gasteiger partial charge in [-0.3, -0.25) is 4.79 Å². The van der Waals surface area contributed by atoms with E-state index in [0.29, 0.717) is 23.8 Å². The summed E-state index contributed by atoms with van der Waals surface area (Å²) in [5.41, 5.74) is -3.93. The minimum atomic E-state index is -5.05. The van der Waals surface area contributed by atoms with E-state index in [1.165, 1.54) is 6.92 Å². The average Bonchev–Trinajstić information content (AvgIpc) is 3.27. The summed E-state index contributed by atoms with van der Waals surface area (Å²) in [5, 5.41) is 5.90. The highest BCUT2D eigenvalue weighted by molar-refractivity contribution is 5.95. The highest BCUT2D eigenvalue weighted by Gasteiger charge is 2.41. The molecule has 160 valence electrons. The van der Waals surface area contributed by atoms with Crippen molar-refractivity contribution in [3.8, 4) is 5.69 Å². The van der Waals surface area contributed by atoms with E-state index < -0.39 is 46.8 Å². The second kappa shape index (κ2) is 7.54. The second-order valence-electron chi connectivity index (χ2n) is 6.51. The summed E-state index contributed by atoms with van der Waals surface area (Å²) in [6.07, 6.45) is -9.14. The molecule has 0 saturated heterocycles. The molecule has 11 heteroatoms. The Morgan fingerprint density at radius 2 is 1.80 bits per heavy atom. The minimum Gasteiger partial charge on any atom is -0.464 e. The first-order valence-corrected chi connectivity index (χ1v) is 8.58. The molecule has 1 aromatic carbocycles. The van der Waals surface area contributed by atoms with E-state index in [1.807, 2.05) is 0 Å². The molecular formula is C19H15F6N3O2. The van der Waals surface area contributed by atoms with Crippen molar-refractivity contribution in [2.45, 2.75) is 32.2 Å². The van der Waals surface area contributed by atoms with Crippen LogP contribution in [-0.4, -0.2) is 15.7 Å². The third-order valence-electron chi connectivity index (χ3n) is 4.24. The summed E-state index contributed by atoms with van der Waals surface area (Å²) in [4.78, 5) is 12.5. The number of halogens is 6. The number of nitrogens with one attached hydrogen (secondary N) is 1. The first-order chi connectivity index (χ1) is 13.9. The zero-order chi connectivity index (χ0) is 22.3. The predicted octanol–water partition coefficient (Wildman–Crippen LogP) is 5.30. The Morgan fingerprint density at radius 3 is 2.37 bits per heavy atom. The van der Waals surface area contributed by atoms with E-state index in [2.05, 4.69) is 10.4 Å². The van der Waals surface area contributed by atoms with Crippen LogP contribution < -0.4 is 5.32 Å². The second-order valence-corrected chi connectivity index (χ2v) is 6.51. The van der Waals surface area contributed by atoms with Gasteiger partial charge < -0.3 is 9.73 Å². The van der Waals surface area contributed by atoms with Gasteiger partial charge in [-0.1, -0.05) is 6.07 Å². The quantitative estimate of drug-likeness (QED) is 0.570. The van der Waals surface area contributed by atoms with Gasteiger partial charge >= 0.3 is 12.4 Å². The molecule has 0 aliphatic carbocycles. The molecule has 0 aliphatic rings. The van der Waals surface area contributed by atoms with E-state index in [9.17, 15) is 31.1 Å². The normalized spacial score (nSPS) is 13.3. The molecule has 30 heavy (non-hydrogen) atoms. The van der Waals surface area contributed by atoms with Gasteiger partial charge in [-0.25, -0.2) is 4.68 Å². The number of benzene rings is 1. The molecule has 2 aromatic heterocycles. The molecule has 0 radical (unpaired) electrons. The van der Waals surface area contributed by atoms with Crippen LogP contribution in [0.4, 0.5) is 26.3 Å². The summed E-state index contributed by atoms with van der Waals surface area (Å²) < 4.78 is 85.5. The van der Waals surface area contributed by atoms with Gasteiger partial charge in [0.15, 0.2) is 5.69 Å². The van der Waals surface area contributed by atoms with Crippen molar-refractivity contribution in [1.29, 1.82) is 0 Å². The lowest BCUT2D eigenvalue weighted by atomic mass is 10.1. The number of alkyl halides is 6. The molecular weight excluding hydrogens is 416 g/mol. The van der Waals surface area contributed by atoms with Crippen LogP contribution in [0.5, 0.6) is 0 Å². The lowest BCUT2D eigenvalue weighted by Gasteiger charge is -2.15. The third-order valence-corrected chi connectivity index (χ3v) is 4.24. The zero-order valence-electron chi connectivity index (χ0n) is 15.6. The maximum Gasteiger partial charge on any atom is 0.434 e. The first kappa shape index (κ1) is 21.5. The smallest absolute Gasteiger partial charge is 0.434 e. The van der Waals surface area contributed by atoms with Gasteiger partial charge in [-0.2, -0.15) is 31.4 Å². The third kappa shape index (κ3) is 4.34. The summed E-state index contributed by atoms with van der Waals surface area (Å²) in [5.74, 6) is -0.207. The fourth-order valence-corrected chi connectivity index (χ4v) is 2.83. The molecule has 1 atom stereocenters. The van der Waals surface area contributed by atoms with Gasteiger partial charge in [0.2, 0.25) is 0 Å². The van der Waals surface area contributed by atoms with Gasteiger partial charge in [-0.05, 0) is 44.2 Å². The molecule has 3 rings (SSSR count). The van der Waals surface area contributed by atoms with Crippen molar-refractivity contribution in [2.24, 2.45) is 0 Å². The van der Waals surface area contributed by atoms with Crippen LogP contribution in [0.25, 0.3) is 5.69 Å². The summed E-state index contributed by atoms with van der Waals surface area (Å²) in [7, 11) is 0. The van der Waals surface area contributed by atoms with Crippen LogP contribution in [0.1, 0.15) is 46.1 Å². The van der Waals surface area contributed by atoms with Crippen molar-refractivity contribution < 1.29 is 35.6 Å². The summed E-state index contributed by atoms with van der Waals surface area (Å²) >= 11 is 0. The molecule has 0 aliphatic heterocycles. The Kier molecular flexibility index (Phi) is 5.40. The van der Waals surface area contributed by atoms with Gasteiger partial charge in [0.05, 0.1) is 29.1 Å². The predicted molar refractivity (Wildman–Crippen MR) is 92.9 cm³/mol. The largest absolute Gasteiger partial charge is 0.464 e. The zero-order valence-corrected chi connectivity index (χ0v) is 15.6. The molecule has 0 spiro atoms. The number of amides is 1. The van der Waals surface area contributed by atoms with E-state index in [4.69, 9.17) is 4.42 Å². The maximum atomic E-state index is 13.7. The Bertz CT molecular complexity index is 1060. The number of carbonyl (C=O) groups excluding carboxylic acids is 1. The van der Waals surface area contributed by atoms with Crippen LogP contribution in [-0.2, 0) is 12.4 Å². The van der Waals surface area contributed by atoms with E-state index in [-0.39, 0.29) is 4.68 Å². The molecule has 0 bridgehead atoms. The topological polar surface area (TPSA) is 60.1 Å². The van der Waals surface area contributed by atoms with E-state index in [0.717, 1.165) is 18.2 Å². The lowest BCUT2D eigenvalue weighted by Crippen LogP contribution is -2.29. The van der Waals surface area contributed by atoms with Crippen molar-refractivity contribution in [3.63, 3.8) is 0 Å². The van der Waals surface area contributed by atoms with Crippen LogP contribution in [0, 0.1) is 6.92 Å². The van der Waals surface area contributed by atoms with Crippen molar-refractivity contribution in [3.05, 3.63) is 70.9 Å². The first-order valence-electron chi connectivity index (χ1n) is 8.58. The van der Waals surface area contributed by atoms with Gasteiger partial charge in [0, 0.05) is 0 Å². The molecule has 1 N–H and O–H groups in total. The van der Waals surface area contributed by atoms with Crippen molar-refractivity contribution >= 4 is 5.91 Å². The molecule has 1 unspecified atom stereocenters. The molecule has 3 aromatic rings. The number of aryl methyl sites for hydroxylation is 1. The Morgan fingerprint density at radius 1 is 1.10 bits per heavy atom. The number of carbonyl (C=O) groups is 1. The SMILES string of the molecule is Cc1ccc(C(C)NC(=O)c2cnn(-c3cccc(C(F)(F)F)c3)c2C(F)(F)F)o1. The molecule has 0 saturated carbocycles. The molecule has 1 amide bonds. The van der Waals surface area contributed by atoms with Crippen molar-refractivity contribution in [1.82, 2.24) is 15.1 Å².